The number of likely N-dealkylation sites (N-methyl/N-ethyl adjacent to an activating group) is 1. The first-order valence-electron chi connectivity index (χ1n) is 5.12. The van der Waals surface area contributed by atoms with Gasteiger partial charge in [0.25, 0.3) is 0 Å². The average Bonchev–Trinajstić information content (AvgIpc) is 2.10. The van der Waals surface area contributed by atoms with Crippen molar-refractivity contribution in [1.29, 1.82) is 0 Å². The summed E-state index contributed by atoms with van der Waals surface area (Å²) in [6, 6.07) is 0.473. The number of carbonyl (C=O) groups excluding carboxylic acids is 1. The second-order valence-electron chi connectivity index (χ2n) is 4.13. The van der Waals surface area contributed by atoms with Gasteiger partial charge >= 0.3 is 0 Å². The second-order valence-corrected chi connectivity index (χ2v) is 4.13. The molecule has 84 valence electrons. The van der Waals surface area contributed by atoms with E-state index in [4.69, 9.17) is 5.73 Å². The van der Waals surface area contributed by atoms with Gasteiger partial charge in [-0.3, -0.25) is 4.79 Å². The Morgan fingerprint density at radius 2 is 2.00 bits per heavy atom. The molecule has 0 saturated heterocycles. The van der Waals surface area contributed by atoms with E-state index in [1.54, 1.807) is 0 Å². The Morgan fingerprint density at radius 3 is 2.43 bits per heavy atom. The van der Waals surface area contributed by atoms with Gasteiger partial charge in [-0.25, -0.2) is 0 Å². The van der Waals surface area contributed by atoms with E-state index in [0.717, 1.165) is 6.42 Å². The zero-order chi connectivity index (χ0) is 11.1. The molecule has 0 radical (unpaired) electrons. The van der Waals surface area contributed by atoms with Crippen molar-refractivity contribution in [2.24, 2.45) is 5.73 Å². The summed E-state index contributed by atoms with van der Waals surface area (Å²) in [4.78, 5) is 13.4. The molecule has 3 N–H and O–H groups in total. The van der Waals surface area contributed by atoms with Gasteiger partial charge in [0.05, 0.1) is 0 Å². The van der Waals surface area contributed by atoms with Crippen LogP contribution in [-0.2, 0) is 4.79 Å². The van der Waals surface area contributed by atoms with Crippen molar-refractivity contribution in [2.45, 2.75) is 38.8 Å². The SMILES string of the molecule is CC(N)CCC(=O)NCC(C)N(C)C. The van der Waals surface area contributed by atoms with Crippen molar-refractivity contribution < 1.29 is 4.79 Å². The lowest BCUT2D eigenvalue weighted by Gasteiger charge is -2.20. The monoisotopic (exact) mass is 201 g/mol. The fourth-order valence-electron chi connectivity index (χ4n) is 0.891. The van der Waals surface area contributed by atoms with Crippen LogP contribution in [0.3, 0.4) is 0 Å². The first-order valence-corrected chi connectivity index (χ1v) is 5.12. The summed E-state index contributed by atoms with van der Waals surface area (Å²) in [7, 11) is 4.00. The molecule has 2 atom stereocenters. The number of nitrogens with zero attached hydrogens (tertiary/aromatic N) is 1. The van der Waals surface area contributed by atoms with Crippen LogP contribution >= 0.6 is 0 Å². The summed E-state index contributed by atoms with van der Waals surface area (Å²) in [5.74, 6) is 0.0935. The number of amides is 1. The van der Waals surface area contributed by atoms with Crippen LogP contribution in [0.4, 0.5) is 0 Å². The summed E-state index contributed by atoms with van der Waals surface area (Å²) < 4.78 is 0. The maximum absolute atomic E-state index is 11.3. The van der Waals surface area contributed by atoms with Crippen molar-refractivity contribution in [3.63, 3.8) is 0 Å². The summed E-state index contributed by atoms with van der Waals surface area (Å²) in [6.07, 6.45) is 1.28. The van der Waals surface area contributed by atoms with Crippen LogP contribution < -0.4 is 11.1 Å². The Kier molecular flexibility index (Phi) is 6.49. The van der Waals surface area contributed by atoms with Gasteiger partial charge in [0.15, 0.2) is 0 Å². The van der Waals surface area contributed by atoms with Crippen LogP contribution in [0.2, 0.25) is 0 Å². The van der Waals surface area contributed by atoms with Gasteiger partial charge in [0.2, 0.25) is 5.91 Å². The van der Waals surface area contributed by atoms with Gasteiger partial charge in [-0.15, -0.1) is 0 Å². The van der Waals surface area contributed by atoms with E-state index < -0.39 is 0 Å². The molecule has 4 heteroatoms. The molecule has 0 heterocycles. The number of rotatable bonds is 6. The number of nitrogens with two attached hydrogens (primary N) is 1. The van der Waals surface area contributed by atoms with E-state index in [9.17, 15) is 4.79 Å². The maximum atomic E-state index is 11.3. The van der Waals surface area contributed by atoms with E-state index >= 15 is 0 Å². The molecule has 0 bridgehead atoms. The van der Waals surface area contributed by atoms with Gasteiger partial charge in [0, 0.05) is 25.0 Å². The van der Waals surface area contributed by atoms with Gasteiger partial charge in [-0.1, -0.05) is 0 Å². The fourth-order valence-corrected chi connectivity index (χ4v) is 0.891. The summed E-state index contributed by atoms with van der Waals surface area (Å²) in [5.41, 5.74) is 5.56. The predicted octanol–water partition coefficient (Wildman–Crippen LogP) is 0.180. The van der Waals surface area contributed by atoms with Crippen molar-refractivity contribution in [3.8, 4) is 0 Å². The van der Waals surface area contributed by atoms with Crippen LogP contribution in [-0.4, -0.2) is 43.5 Å². The molecule has 0 aromatic heterocycles. The molecule has 0 aromatic rings. The minimum absolute atomic E-state index is 0.0935. The Bertz CT molecular complexity index is 169. The minimum atomic E-state index is 0.0935. The topological polar surface area (TPSA) is 58.4 Å². The van der Waals surface area contributed by atoms with Crippen molar-refractivity contribution in [2.75, 3.05) is 20.6 Å². The van der Waals surface area contributed by atoms with E-state index in [0.29, 0.717) is 19.0 Å². The molecule has 0 spiro atoms. The van der Waals surface area contributed by atoms with Crippen LogP contribution in [0.15, 0.2) is 0 Å². The third-order valence-corrected chi connectivity index (χ3v) is 2.30. The quantitative estimate of drug-likeness (QED) is 0.644. The van der Waals surface area contributed by atoms with Gasteiger partial charge < -0.3 is 16.0 Å². The van der Waals surface area contributed by atoms with E-state index in [1.165, 1.54) is 0 Å². The highest BCUT2D eigenvalue weighted by Crippen LogP contribution is 1.94. The van der Waals surface area contributed by atoms with Crippen LogP contribution in [0, 0.1) is 0 Å². The molecule has 1 amide bonds. The number of hydrogen-bond acceptors (Lipinski definition) is 3. The van der Waals surface area contributed by atoms with Crippen molar-refractivity contribution in [3.05, 3.63) is 0 Å². The molecule has 0 aliphatic carbocycles. The lowest BCUT2D eigenvalue weighted by atomic mass is 10.2. The average molecular weight is 201 g/mol. The molecular weight excluding hydrogens is 178 g/mol. The predicted molar refractivity (Wildman–Crippen MR) is 59.0 cm³/mol. The lowest BCUT2D eigenvalue weighted by molar-refractivity contribution is -0.121. The highest BCUT2D eigenvalue weighted by atomic mass is 16.1. The number of carbonyl (C=O) groups is 1. The molecule has 0 rings (SSSR count). The zero-order valence-electron chi connectivity index (χ0n) is 9.71. The molecule has 0 aliphatic rings. The first-order chi connectivity index (χ1) is 6.43. The van der Waals surface area contributed by atoms with Crippen LogP contribution in [0.5, 0.6) is 0 Å². The van der Waals surface area contributed by atoms with Crippen molar-refractivity contribution in [1.82, 2.24) is 10.2 Å². The Balaban J connectivity index is 3.54. The highest BCUT2D eigenvalue weighted by molar-refractivity contribution is 5.75. The third-order valence-electron chi connectivity index (χ3n) is 2.30. The summed E-state index contributed by atoms with van der Waals surface area (Å²) in [5, 5.41) is 2.88. The largest absolute Gasteiger partial charge is 0.355 e. The van der Waals surface area contributed by atoms with E-state index in [2.05, 4.69) is 17.1 Å². The third kappa shape index (κ3) is 6.86. The fraction of sp³-hybridized carbons (Fsp3) is 0.900. The Morgan fingerprint density at radius 1 is 1.43 bits per heavy atom. The number of nitrogens with one attached hydrogen (secondary N) is 1. The summed E-state index contributed by atoms with van der Waals surface area (Å²) in [6.45, 7) is 4.69. The van der Waals surface area contributed by atoms with E-state index in [1.807, 2.05) is 21.0 Å². The molecule has 0 fully saturated rings. The normalized spacial score (nSPS) is 15.3. The first kappa shape index (κ1) is 13.4. The molecule has 0 aromatic carbocycles. The van der Waals surface area contributed by atoms with E-state index in [-0.39, 0.29) is 11.9 Å². The summed E-state index contributed by atoms with van der Waals surface area (Å²) >= 11 is 0. The van der Waals surface area contributed by atoms with Crippen molar-refractivity contribution >= 4 is 5.91 Å². The van der Waals surface area contributed by atoms with Crippen LogP contribution in [0.1, 0.15) is 26.7 Å². The van der Waals surface area contributed by atoms with Gasteiger partial charge in [-0.2, -0.15) is 0 Å². The molecule has 0 saturated carbocycles. The van der Waals surface area contributed by atoms with Gasteiger partial charge in [0.1, 0.15) is 0 Å². The molecule has 4 nitrogen and oxygen atoms in total. The Labute approximate surface area is 86.8 Å². The molecular formula is C10H23N3O. The second kappa shape index (κ2) is 6.79. The minimum Gasteiger partial charge on any atom is -0.355 e. The molecule has 14 heavy (non-hydrogen) atoms. The molecule has 0 aliphatic heterocycles. The highest BCUT2D eigenvalue weighted by Gasteiger charge is 2.07. The standard InChI is InChI=1S/C10H23N3O/c1-8(11)5-6-10(14)12-7-9(2)13(3)4/h8-9H,5-7,11H2,1-4H3,(H,12,14). The van der Waals surface area contributed by atoms with Crippen LogP contribution in [0.25, 0.3) is 0 Å². The number of hydrogen-bond donors (Lipinski definition) is 2. The zero-order valence-corrected chi connectivity index (χ0v) is 9.71. The molecule has 2 unspecified atom stereocenters. The lowest BCUT2D eigenvalue weighted by Crippen LogP contribution is -2.38. The van der Waals surface area contributed by atoms with Gasteiger partial charge in [-0.05, 0) is 34.4 Å². The maximum Gasteiger partial charge on any atom is 0.220 e. The smallest absolute Gasteiger partial charge is 0.220 e. The Hall–Kier alpha value is -0.610.